The maximum absolute atomic E-state index is 11.9. The molecule has 0 N–H and O–H groups in total. The minimum absolute atomic E-state index is 0.0360. The van der Waals surface area contributed by atoms with Crippen LogP contribution in [0, 0.1) is 6.92 Å². The highest BCUT2D eigenvalue weighted by molar-refractivity contribution is 5.73. The van der Waals surface area contributed by atoms with Crippen LogP contribution in [0.1, 0.15) is 57.7 Å². The predicted molar refractivity (Wildman–Crippen MR) is 84.0 cm³/mol. The molecule has 0 saturated carbocycles. The van der Waals surface area contributed by atoms with Crippen molar-refractivity contribution in [1.29, 1.82) is 0 Å². The number of carbonyl (C=O) groups is 2. The molecular formula is C16H26N2O6. The predicted octanol–water partition coefficient (Wildman–Crippen LogP) is 2.34. The quantitative estimate of drug-likeness (QED) is 0.421. The van der Waals surface area contributed by atoms with E-state index in [4.69, 9.17) is 18.7 Å². The van der Waals surface area contributed by atoms with Crippen LogP contribution < -0.4 is 0 Å². The van der Waals surface area contributed by atoms with Crippen molar-refractivity contribution < 1.29 is 28.3 Å². The van der Waals surface area contributed by atoms with Gasteiger partial charge in [-0.25, -0.2) is 4.79 Å². The summed E-state index contributed by atoms with van der Waals surface area (Å²) in [5.41, 5.74) is 0. The Hall–Kier alpha value is -1.96. The van der Waals surface area contributed by atoms with E-state index in [2.05, 4.69) is 17.1 Å². The minimum Gasteiger partial charge on any atom is -0.466 e. The van der Waals surface area contributed by atoms with Crippen LogP contribution in [0.25, 0.3) is 0 Å². The van der Waals surface area contributed by atoms with Gasteiger partial charge in [0, 0.05) is 0 Å². The van der Waals surface area contributed by atoms with Gasteiger partial charge in [-0.3, -0.25) is 4.79 Å². The highest BCUT2D eigenvalue weighted by Gasteiger charge is 2.19. The fourth-order valence-corrected chi connectivity index (χ4v) is 2.07. The summed E-state index contributed by atoms with van der Waals surface area (Å²) in [5.74, 6) is -0.0981. The Morgan fingerprint density at radius 2 is 2.00 bits per heavy atom. The normalized spacial score (nSPS) is 12.0. The van der Waals surface area contributed by atoms with E-state index in [0.29, 0.717) is 24.7 Å². The Balaban J connectivity index is 2.35. The van der Waals surface area contributed by atoms with Crippen molar-refractivity contribution in [2.45, 2.75) is 65.6 Å². The third-order valence-corrected chi connectivity index (χ3v) is 3.14. The Bertz CT molecular complexity index is 503. The molecule has 0 bridgehead atoms. The van der Waals surface area contributed by atoms with Gasteiger partial charge >= 0.3 is 11.9 Å². The average Bonchev–Trinajstić information content (AvgIpc) is 2.93. The van der Waals surface area contributed by atoms with E-state index in [1.54, 1.807) is 13.8 Å². The van der Waals surface area contributed by atoms with Crippen LogP contribution in [0.3, 0.4) is 0 Å². The Labute approximate surface area is 141 Å². The summed E-state index contributed by atoms with van der Waals surface area (Å²) in [6, 6.07) is 0. The lowest BCUT2D eigenvalue weighted by atomic mass is 10.1. The second-order valence-electron chi connectivity index (χ2n) is 5.34. The zero-order valence-corrected chi connectivity index (χ0v) is 14.6. The largest absolute Gasteiger partial charge is 0.466 e. The van der Waals surface area contributed by atoms with Gasteiger partial charge < -0.3 is 18.7 Å². The molecule has 0 aliphatic carbocycles. The van der Waals surface area contributed by atoms with E-state index in [1.165, 1.54) is 0 Å². The number of nitrogens with zero attached hydrogens (tertiary/aromatic N) is 2. The zero-order valence-electron chi connectivity index (χ0n) is 14.6. The Kier molecular flexibility index (Phi) is 9.67. The molecule has 1 atom stereocenters. The van der Waals surface area contributed by atoms with Gasteiger partial charge in [0.05, 0.1) is 13.0 Å². The molecule has 8 heteroatoms. The molecule has 0 spiro atoms. The van der Waals surface area contributed by atoms with Gasteiger partial charge in [0.15, 0.2) is 5.82 Å². The molecular weight excluding hydrogens is 316 g/mol. The lowest BCUT2D eigenvalue weighted by molar-refractivity contribution is -0.159. The second kappa shape index (κ2) is 11.6. The third-order valence-electron chi connectivity index (χ3n) is 3.14. The van der Waals surface area contributed by atoms with Gasteiger partial charge in [-0.2, -0.15) is 4.98 Å². The van der Waals surface area contributed by atoms with Gasteiger partial charge in [0.2, 0.25) is 0 Å². The lowest BCUT2D eigenvalue weighted by Gasteiger charge is -2.17. The SMILES string of the molecule is CCCCC[C@@H](CC(=O)OCC)OC(=O)COCc1nc(C)no1. The maximum atomic E-state index is 11.9. The van der Waals surface area contributed by atoms with Crippen LogP contribution >= 0.6 is 0 Å². The van der Waals surface area contributed by atoms with Crippen molar-refractivity contribution in [3.8, 4) is 0 Å². The van der Waals surface area contributed by atoms with Gasteiger partial charge in [0.25, 0.3) is 5.89 Å². The van der Waals surface area contributed by atoms with E-state index < -0.39 is 12.1 Å². The van der Waals surface area contributed by atoms with Crippen molar-refractivity contribution in [2.75, 3.05) is 13.2 Å². The maximum Gasteiger partial charge on any atom is 0.332 e. The van der Waals surface area contributed by atoms with Gasteiger partial charge in [-0.15, -0.1) is 0 Å². The number of ether oxygens (including phenoxy) is 3. The zero-order chi connectivity index (χ0) is 17.8. The summed E-state index contributed by atoms with van der Waals surface area (Å²) in [7, 11) is 0. The highest BCUT2D eigenvalue weighted by atomic mass is 16.6. The van der Waals surface area contributed by atoms with E-state index in [9.17, 15) is 9.59 Å². The first-order valence-electron chi connectivity index (χ1n) is 8.27. The minimum atomic E-state index is -0.531. The number of aryl methyl sites for hydroxylation is 1. The first-order chi connectivity index (χ1) is 11.5. The van der Waals surface area contributed by atoms with Crippen molar-refractivity contribution >= 4 is 11.9 Å². The number of carbonyl (C=O) groups excluding carboxylic acids is 2. The van der Waals surface area contributed by atoms with Crippen molar-refractivity contribution in [1.82, 2.24) is 10.1 Å². The Morgan fingerprint density at radius 3 is 2.62 bits per heavy atom. The number of aromatic nitrogens is 2. The third kappa shape index (κ3) is 8.61. The number of hydrogen-bond donors (Lipinski definition) is 0. The highest BCUT2D eigenvalue weighted by Crippen LogP contribution is 2.12. The van der Waals surface area contributed by atoms with Crippen LogP contribution in [0.2, 0.25) is 0 Å². The number of unbranched alkanes of at least 4 members (excludes halogenated alkanes) is 2. The molecule has 0 fully saturated rings. The molecule has 1 aromatic heterocycles. The van der Waals surface area contributed by atoms with E-state index in [-0.39, 0.29) is 25.6 Å². The molecule has 0 amide bonds. The summed E-state index contributed by atoms with van der Waals surface area (Å²) < 4.78 is 20.3. The van der Waals surface area contributed by atoms with Gasteiger partial charge in [-0.05, 0) is 26.7 Å². The summed E-state index contributed by atoms with van der Waals surface area (Å²) in [5, 5.41) is 3.62. The van der Waals surface area contributed by atoms with E-state index in [0.717, 1.165) is 19.3 Å². The van der Waals surface area contributed by atoms with Gasteiger partial charge in [0.1, 0.15) is 19.3 Å². The molecule has 0 unspecified atom stereocenters. The summed E-state index contributed by atoms with van der Waals surface area (Å²) >= 11 is 0. The van der Waals surface area contributed by atoms with Crippen LogP contribution in [0.15, 0.2) is 4.52 Å². The standard InChI is InChI=1S/C16H26N2O6/c1-4-6-7-8-13(9-15(19)22-5-2)23-16(20)11-21-10-14-17-12(3)18-24-14/h13H,4-11H2,1-3H3/t13-/m0/s1. The summed E-state index contributed by atoms with van der Waals surface area (Å²) in [6.07, 6.45) is 3.15. The molecule has 8 nitrogen and oxygen atoms in total. The fourth-order valence-electron chi connectivity index (χ4n) is 2.07. The van der Waals surface area contributed by atoms with E-state index in [1.807, 2.05) is 0 Å². The Morgan fingerprint density at radius 1 is 1.21 bits per heavy atom. The molecule has 0 aliphatic rings. The molecule has 0 aromatic carbocycles. The van der Waals surface area contributed by atoms with E-state index >= 15 is 0 Å². The second-order valence-corrected chi connectivity index (χ2v) is 5.34. The molecule has 1 heterocycles. The molecule has 0 radical (unpaired) electrons. The van der Waals surface area contributed by atoms with Crippen LogP contribution in [0.4, 0.5) is 0 Å². The number of rotatable bonds is 12. The van der Waals surface area contributed by atoms with Crippen LogP contribution in [-0.4, -0.2) is 41.4 Å². The summed E-state index contributed by atoms with van der Waals surface area (Å²) in [6.45, 7) is 5.62. The molecule has 1 aromatic rings. The smallest absolute Gasteiger partial charge is 0.332 e. The van der Waals surface area contributed by atoms with Crippen molar-refractivity contribution in [3.63, 3.8) is 0 Å². The number of esters is 2. The molecule has 24 heavy (non-hydrogen) atoms. The molecule has 0 aliphatic heterocycles. The lowest BCUT2D eigenvalue weighted by Crippen LogP contribution is -2.25. The monoisotopic (exact) mass is 342 g/mol. The molecule has 1 rings (SSSR count). The first kappa shape index (κ1) is 20.1. The van der Waals surface area contributed by atoms with Crippen LogP contribution in [-0.2, 0) is 30.4 Å². The fraction of sp³-hybridized carbons (Fsp3) is 0.750. The molecule has 0 saturated heterocycles. The van der Waals surface area contributed by atoms with Gasteiger partial charge in [-0.1, -0.05) is 24.9 Å². The average molecular weight is 342 g/mol. The topological polar surface area (TPSA) is 101 Å². The molecule has 136 valence electrons. The van der Waals surface area contributed by atoms with Crippen LogP contribution in [0.5, 0.6) is 0 Å². The summed E-state index contributed by atoms with van der Waals surface area (Å²) in [4.78, 5) is 27.4. The first-order valence-corrected chi connectivity index (χ1v) is 8.27. The van der Waals surface area contributed by atoms with Crippen molar-refractivity contribution in [3.05, 3.63) is 11.7 Å². The van der Waals surface area contributed by atoms with Crippen molar-refractivity contribution in [2.24, 2.45) is 0 Å². The number of hydrogen-bond acceptors (Lipinski definition) is 8.